The molecule has 2 rings (SSSR count). The van der Waals surface area contributed by atoms with Crippen molar-refractivity contribution in [2.45, 2.75) is 64.5 Å². The molecular weight excluding hydrogens is 370 g/mol. The number of pyridine rings is 1. The van der Waals surface area contributed by atoms with Crippen LogP contribution in [-0.2, 0) is 4.79 Å². The zero-order chi connectivity index (χ0) is 21.3. The predicted octanol–water partition coefficient (Wildman–Crippen LogP) is 1.04. The third-order valence-electron chi connectivity index (χ3n) is 4.74. The minimum atomic E-state index is -1.43. The molecule has 1 aromatic rings. The van der Waals surface area contributed by atoms with Gasteiger partial charge < -0.3 is 21.0 Å². The third-order valence-corrected chi connectivity index (χ3v) is 4.74. The highest BCUT2D eigenvalue weighted by atomic mass is 16.6. The third kappa shape index (κ3) is 7.06. The average molecular weight is 397 g/mol. The number of carboxylic acids is 1. The van der Waals surface area contributed by atoms with Crippen molar-refractivity contribution in [3.05, 3.63) is 32.5 Å². The summed E-state index contributed by atoms with van der Waals surface area (Å²) in [7, 11) is 0. The average Bonchev–Trinajstić information content (AvgIpc) is 2.66. The summed E-state index contributed by atoms with van der Waals surface area (Å²) < 4.78 is 0. The number of carbonyl (C=O) groups is 1. The molecule has 0 bridgehead atoms. The van der Waals surface area contributed by atoms with Gasteiger partial charge in [-0.1, -0.05) is 26.7 Å². The van der Waals surface area contributed by atoms with Gasteiger partial charge in [0.05, 0.1) is 34.0 Å². The predicted molar refractivity (Wildman–Crippen MR) is 99.2 cm³/mol. The van der Waals surface area contributed by atoms with Crippen molar-refractivity contribution >= 4 is 23.2 Å². The molecule has 1 aromatic heterocycles. The summed E-state index contributed by atoms with van der Waals surface area (Å²) in [6, 6.07) is 0.314. The SMILES string of the molecule is CCC(C)[C@@H](Nc1ncc([N+](=O)[O-])cc1[N+](=O)[O-])C(=O)[O-].[NH3+]C1CCCCC1. The molecule has 1 fully saturated rings. The van der Waals surface area contributed by atoms with Gasteiger partial charge in [0.2, 0.25) is 5.82 Å². The monoisotopic (exact) mass is 397 g/mol. The Bertz CT molecular complexity index is 693. The fourth-order valence-corrected chi connectivity index (χ4v) is 2.80. The Morgan fingerprint density at radius 2 is 1.89 bits per heavy atom. The van der Waals surface area contributed by atoms with Crippen LogP contribution in [0.3, 0.4) is 0 Å². The second-order valence-electron chi connectivity index (χ2n) is 6.91. The number of rotatable bonds is 7. The van der Waals surface area contributed by atoms with Crippen molar-refractivity contribution in [2.75, 3.05) is 5.32 Å². The minimum absolute atomic E-state index is 0.347. The van der Waals surface area contributed by atoms with Crippen LogP contribution in [0.2, 0.25) is 0 Å². The number of nitrogens with one attached hydrogen (secondary N) is 1. The standard InChI is InChI=1S/C11H14N4O6.C6H13N/c1-3-6(2)9(11(16)17)13-10-8(15(20)21)4-7(5-12-10)14(18)19;7-6-4-2-1-3-5-6/h4-6,9H,3H2,1-2H3,(H,12,13)(H,16,17);6H,1-5,7H2/t6?,9-;/m1./s1. The van der Waals surface area contributed by atoms with Crippen LogP contribution < -0.4 is 16.2 Å². The van der Waals surface area contributed by atoms with Gasteiger partial charge in [-0.15, -0.1) is 0 Å². The number of nitrogens with zero attached hydrogens (tertiary/aromatic N) is 3. The Hall–Kier alpha value is -2.82. The van der Waals surface area contributed by atoms with Gasteiger partial charge in [-0.2, -0.15) is 0 Å². The van der Waals surface area contributed by atoms with Gasteiger partial charge in [0.1, 0.15) is 6.20 Å². The number of nitro groups is 2. The van der Waals surface area contributed by atoms with Crippen molar-refractivity contribution in [1.29, 1.82) is 0 Å². The van der Waals surface area contributed by atoms with Gasteiger partial charge >= 0.3 is 5.69 Å². The van der Waals surface area contributed by atoms with Crippen LogP contribution in [0.25, 0.3) is 0 Å². The summed E-state index contributed by atoms with van der Waals surface area (Å²) >= 11 is 0. The Labute approximate surface area is 162 Å². The molecule has 0 radical (unpaired) electrons. The Morgan fingerprint density at radius 1 is 1.29 bits per heavy atom. The quantitative estimate of drug-likeness (QED) is 0.505. The molecule has 0 aromatic carbocycles. The normalized spacial score (nSPS) is 16.2. The first kappa shape index (κ1) is 23.2. The number of carbonyl (C=O) groups excluding carboxylic acids is 1. The molecule has 1 aliphatic carbocycles. The molecule has 4 N–H and O–H groups in total. The Morgan fingerprint density at radius 3 is 2.29 bits per heavy atom. The lowest BCUT2D eigenvalue weighted by atomic mass is 9.97. The zero-order valence-electron chi connectivity index (χ0n) is 16.1. The number of carboxylic acid groups (broad SMARTS) is 1. The van der Waals surface area contributed by atoms with Gasteiger partial charge in [-0.3, -0.25) is 20.2 Å². The van der Waals surface area contributed by atoms with Crippen molar-refractivity contribution in [3.63, 3.8) is 0 Å². The fourth-order valence-electron chi connectivity index (χ4n) is 2.80. The van der Waals surface area contributed by atoms with Crippen LogP contribution in [0, 0.1) is 26.1 Å². The van der Waals surface area contributed by atoms with E-state index in [2.05, 4.69) is 16.0 Å². The summed E-state index contributed by atoms with van der Waals surface area (Å²) in [4.78, 5) is 34.5. The van der Waals surface area contributed by atoms with E-state index in [-0.39, 0.29) is 11.7 Å². The lowest BCUT2D eigenvalue weighted by Crippen LogP contribution is -2.61. The lowest BCUT2D eigenvalue weighted by Gasteiger charge is -2.25. The van der Waals surface area contributed by atoms with E-state index in [1.807, 2.05) is 0 Å². The highest BCUT2D eigenvalue weighted by molar-refractivity contribution is 5.77. The molecule has 0 aliphatic heterocycles. The number of hydrogen-bond donors (Lipinski definition) is 2. The Kier molecular flexibility index (Phi) is 9.22. The highest BCUT2D eigenvalue weighted by Crippen LogP contribution is 2.27. The summed E-state index contributed by atoms with van der Waals surface area (Å²) in [6.07, 6.45) is 8.36. The molecule has 1 saturated carbocycles. The molecule has 156 valence electrons. The van der Waals surface area contributed by atoms with Crippen molar-refractivity contribution in [2.24, 2.45) is 5.92 Å². The number of aliphatic carboxylic acids is 1. The second kappa shape index (κ2) is 11.1. The minimum Gasteiger partial charge on any atom is -0.548 e. The second-order valence-corrected chi connectivity index (χ2v) is 6.91. The van der Waals surface area contributed by atoms with E-state index in [4.69, 9.17) is 0 Å². The maximum absolute atomic E-state index is 11.1. The van der Waals surface area contributed by atoms with E-state index in [1.54, 1.807) is 13.8 Å². The van der Waals surface area contributed by atoms with Crippen LogP contribution in [0.5, 0.6) is 0 Å². The first-order valence-corrected chi connectivity index (χ1v) is 9.26. The Balaban J connectivity index is 0.000000467. The summed E-state index contributed by atoms with van der Waals surface area (Å²) in [5.74, 6) is -2.15. The van der Waals surface area contributed by atoms with E-state index in [0.717, 1.165) is 18.3 Å². The molecule has 11 nitrogen and oxygen atoms in total. The fraction of sp³-hybridized carbons (Fsp3) is 0.647. The van der Waals surface area contributed by atoms with Crippen molar-refractivity contribution in [3.8, 4) is 0 Å². The maximum atomic E-state index is 11.1. The van der Waals surface area contributed by atoms with Gasteiger partial charge in [0.15, 0.2) is 0 Å². The van der Waals surface area contributed by atoms with Gasteiger partial charge in [-0.05, 0) is 31.6 Å². The first-order chi connectivity index (χ1) is 13.2. The van der Waals surface area contributed by atoms with E-state index < -0.39 is 33.2 Å². The molecular formula is C17H27N5O6. The zero-order valence-corrected chi connectivity index (χ0v) is 16.1. The molecule has 1 unspecified atom stereocenters. The van der Waals surface area contributed by atoms with E-state index >= 15 is 0 Å². The van der Waals surface area contributed by atoms with E-state index in [1.165, 1.54) is 32.1 Å². The van der Waals surface area contributed by atoms with E-state index in [0.29, 0.717) is 6.42 Å². The van der Waals surface area contributed by atoms with Crippen LogP contribution in [0.4, 0.5) is 17.2 Å². The summed E-state index contributed by atoms with van der Waals surface area (Å²) in [5, 5.41) is 35.0. The first-order valence-electron chi connectivity index (χ1n) is 9.26. The molecule has 0 spiro atoms. The van der Waals surface area contributed by atoms with Crippen LogP contribution in [0.1, 0.15) is 52.4 Å². The topological polar surface area (TPSA) is 179 Å². The van der Waals surface area contributed by atoms with E-state index in [9.17, 15) is 30.1 Å². The molecule has 1 aliphatic rings. The van der Waals surface area contributed by atoms with Gasteiger partial charge in [0, 0.05) is 0 Å². The molecule has 28 heavy (non-hydrogen) atoms. The molecule has 11 heteroatoms. The van der Waals surface area contributed by atoms with Crippen molar-refractivity contribution < 1.29 is 25.5 Å². The summed E-state index contributed by atoms with van der Waals surface area (Å²) in [5.41, 5.74) is 2.77. The highest BCUT2D eigenvalue weighted by Gasteiger charge is 2.25. The van der Waals surface area contributed by atoms with Gasteiger partial charge in [0.25, 0.3) is 5.69 Å². The summed E-state index contributed by atoms with van der Waals surface area (Å²) in [6.45, 7) is 3.38. The molecule has 2 atom stereocenters. The number of quaternary nitrogens is 1. The smallest absolute Gasteiger partial charge is 0.318 e. The largest absolute Gasteiger partial charge is 0.548 e. The van der Waals surface area contributed by atoms with Crippen LogP contribution in [0.15, 0.2) is 12.3 Å². The molecule has 0 saturated heterocycles. The number of anilines is 1. The lowest BCUT2D eigenvalue weighted by molar-refractivity contribution is -0.425. The van der Waals surface area contributed by atoms with Crippen molar-refractivity contribution in [1.82, 2.24) is 4.98 Å². The molecule has 0 amide bonds. The number of hydrogen-bond acceptors (Lipinski definition) is 8. The van der Waals surface area contributed by atoms with Crippen LogP contribution in [-0.4, -0.2) is 32.9 Å². The van der Waals surface area contributed by atoms with Gasteiger partial charge in [-0.25, -0.2) is 4.98 Å². The maximum Gasteiger partial charge on any atom is 0.318 e. The van der Waals surface area contributed by atoms with Crippen LogP contribution >= 0.6 is 0 Å². The number of aromatic nitrogens is 1. The molecule has 1 heterocycles.